The van der Waals surface area contributed by atoms with Crippen molar-refractivity contribution in [3.8, 4) is 0 Å². The van der Waals surface area contributed by atoms with Gasteiger partial charge < -0.3 is 14.3 Å². The van der Waals surface area contributed by atoms with Crippen molar-refractivity contribution in [2.75, 3.05) is 49.1 Å². The van der Waals surface area contributed by atoms with Crippen molar-refractivity contribution in [2.45, 2.75) is 24.7 Å². The monoisotopic (exact) mass is 378 g/mol. The van der Waals surface area contributed by atoms with Crippen LogP contribution in [0.15, 0.2) is 27.9 Å². The molecule has 4 rings (SSSR count). The summed E-state index contributed by atoms with van der Waals surface area (Å²) in [5, 5.41) is 3.49. The molecule has 0 aromatic carbocycles. The fraction of sp³-hybridized carbons (Fsp3) is 0.562. The molecule has 10 heteroatoms. The Balaban J connectivity index is 1.48. The van der Waals surface area contributed by atoms with Gasteiger partial charge in [-0.1, -0.05) is 5.16 Å². The Morgan fingerprint density at radius 2 is 1.73 bits per heavy atom. The van der Waals surface area contributed by atoms with Crippen molar-refractivity contribution >= 4 is 21.8 Å². The molecule has 9 nitrogen and oxygen atoms in total. The normalized spacial score (nSPS) is 19.3. The molecule has 0 bridgehead atoms. The first-order chi connectivity index (χ1) is 12.5. The van der Waals surface area contributed by atoms with E-state index in [1.807, 2.05) is 13.0 Å². The molecule has 140 valence electrons. The maximum absolute atomic E-state index is 12.5. The van der Waals surface area contributed by atoms with Crippen LogP contribution in [-0.4, -0.2) is 67.1 Å². The Hall–Kier alpha value is -2.20. The van der Waals surface area contributed by atoms with Gasteiger partial charge in [-0.3, -0.25) is 0 Å². The lowest BCUT2D eigenvalue weighted by atomic mass is 10.3. The lowest BCUT2D eigenvalue weighted by Crippen LogP contribution is -2.49. The minimum absolute atomic E-state index is 0.0974. The first kappa shape index (κ1) is 17.2. The Morgan fingerprint density at radius 1 is 1.00 bits per heavy atom. The zero-order valence-corrected chi connectivity index (χ0v) is 15.5. The van der Waals surface area contributed by atoms with Gasteiger partial charge in [0, 0.05) is 51.0 Å². The topological polar surface area (TPSA) is 95.7 Å². The maximum atomic E-state index is 12.5. The molecule has 2 saturated heterocycles. The molecular formula is C16H22N6O3S. The van der Waals surface area contributed by atoms with Gasteiger partial charge in [-0.2, -0.15) is 9.29 Å². The van der Waals surface area contributed by atoms with Crippen molar-refractivity contribution in [1.82, 2.24) is 19.4 Å². The summed E-state index contributed by atoms with van der Waals surface area (Å²) < 4.78 is 31.2. The summed E-state index contributed by atoms with van der Waals surface area (Å²) in [7, 11) is -3.54. The van der Waals surface area contributed by atoms with E-state index in [0.717, 1.165) is 36.8 Å². The number of nitrogens with zero attached hydrogens (tertiary/aromatic N) is 6. The molecule has 2 aliphatic rings. The standard InChI is InChI=1S/C16H22N6O3S/c1-13-10-15(19-16(18-13)21-4-2-3-5-21)20-6-8-22(9-7-20)26(23,24)14-11-17-25-12-14/h10-12H,2-9H2,1H3. The molecule has 2 fully saturated rings. The molecule has 0 amide bonds. The summed E-state index contributed by atoms with van der Waals surface area (Å²) in [6.45, 7) is 5.92. The third-order valence-corrected chi connectivity index (χ3v) is 6.67. The second-order valence-electron chi connectivity index (χ2n) is 6.61. The molecule has 4 heterocycles. The molecule has 0 radical (unpaired) electrons. The van der Waals surface area contributed by atoms with Gasteiger partial charge in [-0.25, -0.2) is 13.4 Å². The number of aromatic nitrogens is 3. The van der Waals surface area contributed by atoms with Crippen molar-refractivity contribution in [1.29, 1.82) is 0 Å². The molecule has 2 aromatic rings. The number of sulfonamides is 1. The second kappa shape index (κ2) is 6.84. The van der Waals surface area contributed by atoms with Crippen LogP contribution >= 0.6 is 0 Å². The SMILES string of the molecule is Cc1cc(N2CCN(S(=O)(=O)c3cnoc3)CC2)nc(N2CCCC2)n1. The van der Waals surface area contributed by atoms with E-state index >= 15 is 0 Å². The van der Waals surface area contributed by atoms with Gasteiger partial charge in [-0.15, -0.1) is 0 Å². The zero-order valence-electron chi connectivity index (χ0n) is 14.7. The quantitative estimate of drug-likeness (QED) is 0.774. The summed E-state index contributed by atoms with van der Waals surface area (Å²) in [5.74, 6) is 1.64. The fourth-order valence-electron chi connectivity index (χ4n) is 3.39. The summed E-state index contributed by atoms with van der Waals surface area (Å²) in [5.41, 5.74) is 0.927. The van der Waals surface area contributed by atoms with Gasteiger partial charge in [0.25, 0.3) is 0 Å². The average Bonchev–Trinajstić information content (AvgIpc) is 3.35. The number of hydrogen-bond donors (Lipinski definition) is 0. The van der Waals surface area contributed by atoms with Gasteiger partial charge in [-0.05, 0) is 19.8 Å². The van der Waals surface area contributed by atoms with E-state index < -0.39 is 10.0 Å². The minimum atomic E-state index is -3.54. The van der Waals surface area contributed by atoms with Crippen LogP contribution in [0.4, 0.5) is 11.8 Å². The summed E-state index contributed by atoms with van der Waals surface area (Å²) in [4.78, 5) is 13.7. The van der Waals surface area contributed by atoms with Crippen LogP contribution < -0.4 is 9.80 Å². The maximum Gasteiger partial charge on any atom is 0.248 e. The smallest absolute Gasteiger partial charge is 0.248 e. The Labute approximate surface area is 152 Å². The molecule has 2 aromatic heterocycles. The van der Waals surface area contributed by atoms with Crippen LogP contribution in [0.1, 0.15) is 18.5 Å². The second-order valence-corrected chi connectivity index (χ2v) is 8.55. The zero-order chi connectivity index (χ0) is 18.1. The van der Waals surface area contributed by atoms with Crippen molar-refractivity contribution in [3.63, 3.8) is 0 Å². The predicted molar refractivity (Wildman–Crippen MR) is 95.7 cm³/mol. The molecule has 26 heavy (non-hydrogen) atoms. The summed E-state index contributed by atoms with van der Waals surface area (Å²) in [6.07, 6.45) is 4.74. The molecule has 0 N–H and O–H groups in total. The molecular weight excluding hydrogens is 356 g/mol. The number of piperazine rings is 1. The van der Waals surface area contributed by atoms with Crippen LogP contribution in [0.5, 0.6) is 0 Å². The highest BCUT2D eigenvalue weighted by Gasteiger charge is 2.30. The first-order valence-corrected chi connectivity index (χ1v) is 10.2. The van der Waals surface area contributed by atoms with Gasteiger partial charge in [0.05, 0.1) is 6.20 Å². The highest BCUT2D eigenvalue weighted by molar-refractivity contribution is 7.89. The number of aryl methyl sites for hydroxylation is 1. The largest absolute Gasteiger partial charge is 0.363 e. The van der Waals surface area contributed by atoms with Crippen LogP contribution in [0.3, 0.4) is 0 Å². The average molecular weight is 378 g/mol. The van der Waals surface area contributed by atoms with Gasteiger partial charge in [0.15, 0.2) is 0 Å². The molecule has 0 spiro atoms. The van der Waals surface area contributed by atoms with Crippen molar-refractivity contribution < 1.29 is 12.9 Å². The Kier molecular flexibility index (Phi) is 4.53. The Bertz CT molecular complexity index is 856. The van der Waals surface area contributed by atoms with E-state index in [0.29, 0.717) is 26.2 Å². The lowest BCUT2D eigenvalue weighted by Gasteiger charge is -2.34. The lowest BCUT2D eigenvalue weighted by molar-refractivity contribution is 0.382. The van der Waals surface area contributed by atoms with E-state index in [1.54, 1.807) is 0 Å². The Morgan fingerprint density at radius 3 is 2.38 bits per heavy atom. The van der Waals surface area contributed by atoms with Crippen LogP contribution in [0.2, 0.25) is 0 Å². The van der Waals surface area contributed by atoms with E-state index in [-0.39, 0.29) is 4.90 Å². The van der Waals surface area contributed by atoms with Crippen molar-refractivity contribution in [3.05, 3.63) is 24.2 Å². The van der Waals surface area contributed by atoms with Crippen LogP contribution in [0.25, 0.3) is 0 Å². The molecule has 0 saturated carbocycles. The minimum Gasteiger partial charge on any atom is -0.363 e. The third-order valence-electron chi connectivity index (χ3n) is 4.83. The number of hydrogen-bond acceptors (Lipinski definition) is 8. The van der Waals surface area contributed by atoms with Gasteiger partial charge >= 0.3 is 0 Å². The van der Waals surface area contributed by atoms with Crippen LogP contribution in [0, 0.1) is 6.92 Å². The molecule has 0 atom stereocenters. The van der Waals surface area contributed by atoms with Gasteiger partial charge in [0.1, 0.15) is 17.0 Å². The molecule has 2 aliphatic heterocycles. The van der Waals surface area contributed by atoms with Crippen LogP contribution in [-0.2, 0) is 10.0 Å². The van der Waals surface area contributed by atoms with E-state index in [9.17, 15) is 8.42 Å². The fourth-order valence-corrected chi connectivity index (χ4v) is 4.67. The third kappa shape index (κ3) is 3.26. The highest BCUT2D eigenvalue weighted by Crippen LogP contribution is 2.23. The van der Waals surface area contributed by atoms with Crippen molar-refractivity contribution in [2.24, 2.45) is 0 Å². The first-order valence-electron chi connectivity index (χ1n) is 8.79. The molecule has 0 aliphatic carbocycles. The van der Waals surface area contributed by atoms with E-state index in [1.165, 1.54) is 23.3 Å². The number of anilines is 2. The number of rotatable bonds is 4. The predicted octanol–water partition coefficient (Wildman–Crippen LogP) is 0.884. The van der Waals surface area contributed by atoms with E-state index in [2.05, 4.69) is 24.5 Å². The summed E-state index contributed by atoms with van der Waals surface area (Å²) in [6, 6.07) is 1.96. The van der Waals surface area contributed by atoms with Gasteiger partial charge in [0.2, 0.25) is 16.0 Å². The van der Waals surface area contributed by atoms with E-state index in [4.69, 9.17) is 4.98 Å². The molecule has 0 unspecified atom stereocenters. The highest BCUT2D eigenvalue weighted by atomic mass is 32.2. The summed E-state index contributed by atoms with van der Waals surface area (Å²) >= 11 is 0.